The largest absolute Gasteiger partial charge is 0.309 e. The molecule has 2 heterocycles. The lowest BCUT2D eigenvalue weighted by molar-refractivity contribution is 1.07. The highest BCUT2D eigenvalue weighted by molar-refractivity contribution is 6.33. The number of benzene rings is 8. The van der Waals surface area contributed by atoms with Gasteiger partial charge in [0.1, 0.15) is 0 Å². The monoisotopic (exact) mass is 648 g/mol. The van der Waals surface area contributed by atoms with E-state index in [1.807, 2.05) is 60.7 Å². The summed E-state index contributed by atoms with van der Waals surface area (Å²) in [4.78, 5) is 14.8. The van der Waals surface area contributed by atoms with Crippen molar-refractivity contribution in [3.8, 4) is 62.1 Å². The molecule has 0 saturated carbocycles. The Kier molecular flexibility index (Phi) is 5.92. The molecule has 0 amide bonds. The van der Waals surface area contributed by atoms with Crippen LogP contribution in [-0.2, 0) is 0 Å². The highest BCUT2D eigenvalue weighted by atomic mass is 15.0. The summed E-state index contributed by atoms with van der Waals surface area (Å²) in [5.41, 5.74) is 11.4. The molecule has 0 unspecified atom stereocenters. The van der Waals surface area contributed by atoms with Crippen molar-refractivity contribution >= 4 is 43.4 Å². The Bertz CT molecular complexity index is 2940. The van der Waals surface area contributed by atoms with Gasteiger partial charge >= 0.3 is 0 Å². The van der Waals surface area contributed by atoms with Gasteiger partial charge in [0.2, 0.25) is 0 Å². The van der Waals surface area contributed by atoms with Gasteiger partial charge < -0.3 is 4.57 Å². The predicted molar refractivity (Wildman–Crippen MR) is 210 cm³/mol. The maximum atomic E-state index is 4.97. The molecule has 8 aromatic carbocycles. The average Bonchev–Trinajstić information content (AvgIpc) is 3.49. The molecule has 0 fully saturated rings. The van der Waals surface area contributed by atoms with Crippen molar-refractivity contribution in [2.75, 3.05) is 0 Å². The summed E-state index contributed by atoms with van der Waals surface area (Å²) in [6.07, 6.45) is 0. The molecule has 0 aliphatic heterocycles. The van der Waals surface area contributed by atoms with Crippen molar-refractivity contribution in [2.24, 2.45) is 0 Å². The normalized spacial score (nSPS) is 11.9. The van der Waals surface area contributed by atoms with Gasteiger partial charge in [-0.05, 0) is 80.9 Å². The average molecular weight is 649 g/mol. The Balaban J connectivity index is 1.14. The van der Waals surface area contributed by atoms with E-state index in [9.17, 15) is 0 Å². The molecule has 4 heteroatoms. The third-order valence-electron chi connectivity index (χ3n) is 10.4. The van der Waals surface area contributed by atoms with Gasteiger partial charge in [-0.15, -0.1) is 0 Å². The molecule has 10 aromatic rings. The van der Waals surface area contributed by atoms with E-state index < -0.39 is 0 Å². The molecule has 0 N–H and O–H groups in total. The number of nitrogens with zero attached hydrogens (tertiary/aromatic N) is 4. The number of rotatable bonds is 4. The molecule has 1 aliphatic rings. The van der Waals surface area contributed by atoms with E-state index in [1.165, 1.54) is 65.6 Å². The van der Waals surface area contributed by atoms with Crippen LogP contribution in [0.5, 0.6) is 0 Å². The summed E-state index contributed by atoms with van der Waals surface area (Å²) in [6, 6.07) is 60.3. The summed E-state index contributed by atoms with van der Waals surface area (Å²) < 4.78 is 2.42. The van der Waals surface area contributed by atoms with Crippen LogP contribution in [0.3, 0.4) is 0 Å². The lowest BCUT2D eigenvalue weighted by Gasteiger charge is -2.15. The van der Waals surface area contributed by atoms with Crippen molar-refractivity contribution in [2.45, 2.75) is 0 Å². The zero-order valence-electron chi connectivity index (χ0n) is 27.5. The van der Waals surface area contributed by atoms with Gasteiger partial charge in [-0.2, -0.15) is 0 Å². The van der Waals surface area contributed by atoms with Crippen molar-refractivity contribution in [1.82, 2.24) is 19.5 Å². The maximum Gasteiger partial charge on any atom is 0.164 e. The molecule has 2 aromatic heterocycles. The molecule has 0 saturated heterocycles. The van der Waals surface area contributed by atoms with Gasteiger partial charge in [0, 0.05) is 38.5 Å². The Morgan fingerprint density at radius 1 is 0.333 bits per heavy atom. The van der Waals surface area contributed by atoms with Crippen LogP contribution in [0, 0.1) is 0 Å². The Morgan fingerprint density at radius 2 is 0.882 bits per heavy atom. The highest BCUT2D eigenvalue weighted by Crippen LogP contribution is 2.51. The summed E-state index contributed by atoms with van der Waals surface area (Å²) in [5, 5.41) is 7.74. The van der Waals surface area contributed by atoms with Crippen molar-refractivity contribution in [3.63, 3.8) is 0 Å². The van der Waals surface area contributed by atoms with Crippen molar-refractivity contribution in [3.05, 3.63) is 170 Å². The predicted octanol–water partition coefficient (Wildman–Crippen LogP) is 11.9. The molecular formula is C47H28N4. The second-order valence-corrected chi connectivity index (χ2v) is 13.2. The van der Waals surface area contributed by atoms with Gasteiger partial charge in [-0.25, -0.2) is 15.0 Å². The van der Waals surface area contributed by atoms with E-state index in [0.717, 1.165) is 22.4 Å². The van der Waals surface area contributed by atoms with Crippen LogP contribution in [0.15, 0.2) is 170 Å². The van der Waals surface area contributed by atoms with Crippen LogP contribution in [0.25, 0.3) is 105 Å². The summed E-state index contributed by atoms with van der Waals surface area (Å²) in [6.45, 7) is 0. The second-order valence-electron chi connectivity index (χ2n) is 13.2. The molecule has 0 bridgehead atoms. The standard InChI is InChI=1S/C47H28N4/c1-3-12-29(13-4-1)45-48-46(30-14-5-2-6-15-30)50-47(49-45)31-22-24-33(25-23-31)51-40-21-11-20-37-35-18-9-10-19-36(35)39-28-32-16-7-8-17-34(32)38-26-27-41(51)44(42(38)39)43(37)40/h1-28H. The number of hydrogen-bond acceptors (Lipinski definition) is 3. The first-order chi connectivity index (χ1) is 25.3. The van der Waals surface area contributed by atoms with Gasteiger partial charge in [-0.3, -0.25) is 0 Å². The van der Waals surface area contributed by atoms with Gasteiger partial charge in [-0.1, -0.05) is 127 Å². The third-order valence-corrected chi connectivity index (χ3v) is 10.4. The third kappa shape index (κ3) is 4.17. The minimum atomic E-state index is 0.646. The zero-order chi connectivity index (χ0) is 33.5. The van der Waals surface area contributed by atoms with Gasteiger partial charge in [0.25, 0.3) is 0 Å². The maximum absolute atomic E-state index is 4.97. The lowest BCUT2D eigenvalue weighted by atomic mass is 9.90. The van der Waals surface area contributed by atoms with E-state index >= 15 is 0 Å². The fourth-order valence-electron chi connectivity index (χ4n) is 8.12. The SMILES string of the molecule is c1ccc(-c2nc(-c3ccccc3)nc(-c3ccc(-n4c5cccc6c5c5c7c(cc8ccccc8c7ccc54)-c4ccccc4-6)cc3)n2)cc1. The van der Waals surface area contributed by atoms with Crippen LogP contribution >= 0.6 is 0 Å². The Hall–Kier alpha value is -6.91. The topological polar surface area (TPSA) is 43.6 Å². The van der Waals surface area contributed by atoms with E-state index in [-0.39, 0.29) is 0 Å². The van der Waals surface area contributed by atoms with Crippen LogP contribution in [0.1, 0.15) is 0 Å². The Labute approximate surface area is 294 Å². The summed E-state index contributed by atoms with van der Waals surface area (Å²) in [7, 11) is 0. The molecule has 0 radical (unpaired) electrons. The minimum Gasteiger partial charge on any atom is -0.309 e. The smallest absolute Gasteiger partial charge is 0.164 e. The zero-order valence-corrected chi connectivity index (χ0v) is 27.5. The number of aromatic nitrogens is 4. The molecule has 51 heavy (non-hydrogen) atoms. The molecule has 11 rings (SSSR count). The molecule has 1 aliphatic carbocycles. The minimum absolute atomic E-state index is 0.646. The second kappa shape index (κ2) is 10.8. The van der Waals surface area contributed by atoms with E-state index in [1.54, 1.807) is 0 Å². The highest BCUT2D eigenvalue weighted by Gasteiger charge is 2.25. The van der Waals surface area contributed by atoms with Crippen LogP contribution in [0.4, 0.5) is 0 Å². The molecule has 0 spiro atoms. The van der Waals surface area contributed by atoms with Crippen LogP contribution in [0.2, 0.25) is 0 Å². The van der Waals surface area contributed by atoms with Gasteiger partial charge in [0.05, 0.1) is 11.0 Å². The Morgan fingerprint density at radius 3 is 1.57 bits per heavy atom. The molecule has 4 nitrogen and oxygen atoms in total. The first-order valence-electron chi connectivity index (χ1n) is 17.3. The van der Waals surface area contributed by atoms with Crippen molar-refractivity contribution < 1.29 is 0 Å². The van der Waals surface area contributed by atoms with Crippen molar-refractivity contribution in [1.29, 1.82) is 0 Å². The molecule has 236 valence electrons. The fraction of sp³-hybridized carbons (Fsp3) is 0. The van der Waals surface area contributed by atoms with Gasteiger partial charge in [0.15, 0.2) is 17.5 Å². The first kappa shape index (κ1) is 28.0. The van der Waals surface area contributed by atoms with Crippen LogP contribution < -0.4 is 0 Å². The quantitative estimate of drug-likeness (QED) is 0.178. The number of hydrogen-bond donors (Lipinski definition) is 0. The van der Waals surface area contributed by atoms with E-state index in [2.05, 4.69) is 114 Å². The van der Waals surface area contributed by atoms with E-state index in [0.29, 0.717) is 17.5 Å². The van der Waals surface area contributed by atoms with E-state index in [4.69, 9.17) is 15.0 Å². The summed E-state index contributed by atoms with van der Waals surface area (Å²) >= 11 is 0. The number of fused-ring (bicyclic) bond motifs is 5. The first-order valence-corrected chi connectivity index (χ1v) is 17.3. The fourth-order valence-corrected chi connectivity index (χ4v) is 8.12. The summed E-state index contributed by atoms with van der Waals surface area (Å²) in [5.74, 6) is 1.96. The van der Waals surface area contributed by atoms with Crippen LogP contribution in [-0.4, -0.2) is 19.5 Å². The molecule has 0 atom stereocenters. The molecular weight excluding hydrogens is 621 g/mol. The lowest BCUT2D eigenvalue weighted by Crippen LogP contribution is -2.00.